The molecule has 0 saturated carbocycles. The molecule has 2 atom stereocenters. The molecule has 0 saturated heterocycles. The van der Waals surface area contributed by atoms with E-state index < -0.39 is 0 Å². The molecule has 0 radical (unpaired) electrons. The molecule has 3 heteroatoms. The van der Waals surface area contributed by atoms with Gasteiger partial charge < -0.3 is 10.5 Å². The van der Waals surface area contributed by atoms with Crippen molar-refractivity contribution >= 4 is 11.8 Å². The largest absolute Gasteiger partial charge is 0.487 e. The fraction of sp³-hybridized carbons (Fsp3) is 0.400. The molecule has 0 amide bonds. The van der Waals surface area contributed by atoms with Crippen molar-refractivity contribution in [2.24, 2.45) is 5.73 Å². The average Bonchev–Trinajstić information content (AvgIpc) is 2.17. The molecule has 2 N–H and O–H groups in total. The third-order valence-corrected chi connectivity index (χ3v) is 3.26. The van der Waals surface area contributed by atoms with Crippen LogP contribution < -0.4 is 10.5 Å². The first-order valence-corrected chi connectivity index (χ1v) is 5.40. The van der Waals surface area contributed by atoms with Crippen LogP contribution in [0.4, 0.5) is 0 Å². The van der Waals surface area contributed by atoms with Crippen molar-refractivity contribution in [2.75, 3.05) is 5.75 Å². The van der Waals surface area contributed by atoms with Gasteiger partial charge >= 0.3 is 0 Å². The lowest BCUT2D eigenvalue weighted by Crippen LogP contribution is -2.39. The Labute approximate surface area is 82.5 Å². The smallest absolute Gasteiger partial charge is 0.133 e. The van der Waals surface area contributed by atoms with Crippen LogP contribution in [-0.4, -0.2) is 17.9 Å². The molecule has 1 heterocycles. The van der Waals surface area contributed by atoms with Crippen LogP contribution in [0.2, 0.25) is 0 Å². The van der Waals surface area contributed by atoms with Gasteiger partial charge in [-0.2, -0.15) is 0 Å². The number of fused-ring (bicyclic) bond motifs is 1. The van der Waals surface area contributed by atoms with E-state index in [1.165, 1.54) is 4.90 Å². The molecule has 1 aromatic carbocycles. The molecule has 1 aliphatic heterocycles. The van der Waals surface area contributed by atoms with Gasteiger partial charge in [0.15, 0.2) is 0 Å². The zero-order chi connectivity index (χ0) is 9.26. The van der Waals surface area contributed by atoms with E-state index in [2.05, 4.69) is 6.07 Å². The molecule has 1 aromatic rings. The molecule has 2 rings (SSSR count). The van der Waals surface area contributed by atoms with E-state index in [9.17, 15) is 0 Å². The molecular formula is C10H13NOS. The molecule has 1 aliphatic rings. The van der Waals surface area contributed by atoms with E-state index >= 15 is 0 Å². The summed E-state index contributed by atoms with van der Waals surface area (Å²) in [5.41, 5.74) is 5.79. The Morgan fingerprint density at radius 1 is 1.54 bits per heavy atom. The molecule has 0 spiro atoms. The maximum atomic E-state index is 5.79. The fourth-order valence-corrected chi connectivity index (χ4v) is 2.44. The quantitative estimate of drug-likeness (QED) is 0.743. The molecule has 0 aliphatic carbocycles. The second-order valence-corrected chi connectivity index (χ2v) is 4.33. The molecular weight excluding hydrogens is 182 g/mol. The third kappa shape index (κ3) is 1.81. The number of nitrogens with two attached hydrogens (primary N) is 1. The summed E-state index contributed by atoms with van der Waals surface area (Å²) in [4.78, 5) is 1.22. The lowest BCUT2D eigenvalue weighted by molar-refractivity contribution is 0.191. The predicted molar refractivity (Wildman–Crippen MR) is 55.2 cm³/mol. The van der Waals surface area contributed by atoms with Gasteiger partial charge in [0.1, 0.15) is 11.9 Å². The molecule has 70 valence electrons. The van der Waals surface area contributed by atoms with Gasteiger partial charge in [0, 0.05) is 16.7 Å². The Morgan fingerprint density at radius 3 is 3.08 bits per heavy atom. The summed E-state index contributed by atoms with van der Waals surface area (Å²) in [6.45, 7) is 1.99. The fourth-order valence-electron chi connectivity index (χ4n) is 1.29. The Balaban J connectivity index is 2.20. The predicted octanol–water partition coefficient (Wildman–Crippen LogP) is 1.89. The number of thioether (sulfide) groups is 1. The van der Waals surface area contributed by atoms with Gasteiger partial charge in [0.25, 0.3) is 0 Å². The van der Waals surface area contributed by atoms with Gasteiger partial charge in [-0.15, -0.1) is 11.8 Å². The highest BCUT2D eigenvalue weighted by Gasteiger charge is 2.22. The number of hydrogen-bond acceptors (Lipinski definition) is 3. The van der Waals surface area contributed by atoms with Crippen molar-refractivity contribution < 1.29 is 4.74 Å². The van der Waals surface area contributed by atoms with Crippen molar-refractivity contribution in [3.63, 3.8) is 0 Å². The van der Waals surface area contributed by atoms with Crippen LogP contribution in [0.25, 0.3) is 0 Å². The number of hydrogen-bond donors (Lipinski definition) is 1. The molecule has 1 unspecified atom stereocenters. The first kappa shape index (κ1) is 8.91. The Hall–Kier alpha value is -0.670. The minimum Gasteiger partial charge on any atom is -0.487 e. The van der Waals surface area contributed by atoms with Gasteiger partial charge in [-0.05, 0) is 19.1 Å². The topological polar surface area (TPSA) is 35.2 Å². The molecule has 0 bridgehead atoms. The van der Waals surface area contributed by atoms with Gasteiger partial charge in [0.05, 0.1) is 0 Å². The highest BCUT2D eigenvalue weighted by Crippen LogP contribution is 2.35. The van der Waals surface area contributed by atoms with E-state index in [0.717, 1.165) is 11.5 Å². The highest BCUT2D eigenvalue weighted by molar-refractivity contribution is 7.99. The summed E-state index contributed by atoms with van der Waals surface area (Å²) in [6, 6.07) is 8.19. The Kier molecular flexibility index (Phi) is 2.47. The normalized spacial score (nSPS) is 23.1. The zero-order valence-corrected chi connectivity index (χ0v) is 8.38. The van der Waals surface area contributed by atoms with Crippen LogP contribution in [0, 0.1) is 0 Å². The number of para-hydroxylation sites is 1. The monoisotopic (exact) mass is 195 g/mol. The van der Waals surface area contributed by atoms with Crippen molar-refractivity contribution in [1.82, 2.24) is 0 Å². The van der Waals surface area contributed by atoms with Crippen molar-refractivity contribution in [3.8, 4) is 5.75 Å². The highest BCUT2D eigenvalue weighted by atomic mass is 32.2. The van der Waals surface area contributed by atoms with Crippen LogP contribution in [0.1, 0.15) is 6.92 Å². The summed E-state index contributed by atoms with van der Waals surface area (Å²) >= 11 is 1.82. The first-order chi connectivity index (χ1) is 6.27. The molecule has 0 aromatic heterocycles. The minimum absolute atomic E-state index is 0.0980. The van der Waals surface area contributed by atoms with E-state index in [1.807, 2.05) is 36.9 Å². The van der Waals surface area contributed by atoms with Crippen LogP contribution in [-0.2, 0) is 0 Å². The van der Waals surface area contributed by atoms with E-state index in [-0.39, 0.29) is 12.1 Å². The second kappa shape index (κ2) is 3.60. The summed E-state index contributed by atoms with van der Waals surface area (Å²) in [5, 5.41) is 0. The van der Waals surface area contributed by atoms with E-state index in [4.69, 9.17) is 10.5 Å². The van der Waals surface area contributed by atoms with Gasteiger partial charge in [-0.25, -0.2) is 0 Å². The lowest BCUT2D eigenvalue weighted by Gasteiger charge is -2.27. The summed E-state index contributed by atoms with van der Waals surface area (Å²) in [7, 11) is 0. The van der Waals surface area contributed by atoms with Gasteiger partial charge in [-0.3, -0.25) is 0 Å². The zero-order valence-electron chi connectivity index (χ0n) is 7.57. The molecule has 13 heavy (non-hydrogen) atoms. The standard InChI is InChI=1S/C10H13NOS/c1-7(11)9-6-13-10-5-3-2-4-8(10)12-9/h2-5,7,9H,6,11H2,1H3/t7-,9?/m0/s1. The summed E-state index contributed by atoms with van der Waals surface area (Å²) in [6.07, 6.45) is 0.153. The van der Waals surface area contributed by atoms with Crippen LogP contribution >= 0.6 is 11.8 Å². The maximum Gasteiger partial charge on any atom is 0.133 e. The maximum absolute atomic E-state index is 5.79. The van der Waals surface area contributed by atoms with Crippen LogP contribution in [0.15, 0.2) is 29.2 Å². The molecule has 0 fully saturated rings. The number of rotatable bonds is 1. The van der Waals surface area contributed by atoms with Crippen molar-refractivity contribution in [3.05, 3.63) is 24.3 Å². The third-order valence-electron chi connectivity index (χ3n) is 2.12. The number of ether oxygens (including phenoxy) is 1. The second-order valence-electron chi connectivity index (χ2n) is 3.27. The van der Waals surface area contributed by atoms with Crippen molar-refractivity contribution in [1.29, 1.82) is 0 Å². The Bertz CT molecular complexity index is 301. The number of benzene rings is 1. The first-order valence-electron chi connectivity index (χ1n) is 4.41. The summed E-state index contributed by atoms with van der Waals surface area (Å²) < 4.78 is 5.75. The van der Waals surface area contributed by atoms with E-state index in [0.29, 0.717) is 0 Å². The van der Waals surface area contributed by atoms with Crippen molar-refractivity contribution in [2.45, 2.75) is 24.0 Å². The summed E-state index contributed by atoms with van der Waals surface area (Å²) in [5.74, 6) is 1.93. The Morgan fingerprint density at radius 2 is 2.31 bits per heavy atom. The van der Waals surface area contributed by atoms with E-state index in [1.54, 1.807) is 0 Å². The SMILES string of the molecule is C[C@H](N)C1CSc2ccccc2O1. The van der Waals surface area contributed by atoms with Crippen LogP contribution in [0.3, 0.4) is 0 Å². The molecule has 2 nitrogen and oxygen atoms in total. The average molecular weight is 195 g/mol. The lowest BCUT2D eigenvalue weighted by atomic mass is 10.2. The minimum atomic E-state index is 0.0980. The van der Waals surface area contributed by atoms with Gasteiger partial charge in [0.2, 0.25) is 0 Å². The van der Waals surface area contributed by atoms with Crippen LogP contribution in [0.5, 0.6) is 5.75 Å². The van der Waals surface area contributed by atoms with Gasteiger partial charge in [-0.1, -0.05) is 12.1 Å².